The van der Waals surface area contributed by atoms with Gasteiger partial charge in [0.15, 0.2) is 6.29 Å². The summed E-state index contributed by atoms with van der Waals surface area (Å²) in [4.78, 5) is 49.6. The molecule has 2 aliphatic rings. The van der Waals surface area contributed by atoms with Gasteiger partial charge in [0.1, 0.15) is 12.1 Å². The minimum Gasteiger partial charge on any atom is -0.391 e. The van der Waals surface area contributed by atoms with Crippen molar-refractivity contribution in [1.82, 2.24) is 15.1 Å². The van der Waals surface area contributed by atoms with E-state index in [1.807, 2.05) is 54.6 Å². The Kier molecular flexibility index (Phi) is 12.5. The van der Waals surface area contributed by atoms with Crippen LogP contribution >= 0.6 is 0 Å². The van der Waals surface area contributed by atoms with Gasteiger partial charge < -0.3 is 24.5 Å². The van der Waals surface area contributed by atoms with Crippen molar-refractivity contribution in [2.75, 3.05) is 26.7 Å². The fraction of sp³-hybridized carbons (Fsp3) is 0.421. The lowest BCUT2D eigenvalue weighted by Crippen LogP contribution is -2.59. The Morgan fingerprint density at radius 2 is 1.67 bits per heavy atom. The van der Waals surface area contributed by atoms with Crippen LogP contribution in [0.4, 0.5) is 0 Å². The quantitative estimate of drug-likeness (QED) is 0.0860. The predicted molar refractivity (Wildman–Crippen MR) is 183 cm³/mol. The van der Waals surface area contributed by atoms with Crippen molar-refractivity contribution in [1.29, 1.82) is 0 Å². The maximum atomic E-state index is 14.3. The number of benzene rings is 3. The molecule has 0 aromatic heterocycles. The summed E-state index contributed by atoms with van der Waals surface area (Å²) in [7, 11) is 1.72. The lowest BCUT2D eigenvalue weighted by Gasteiger charge is -2.39. The van der Waals surface area contributed by atoms with Crippen LogP contribution in [0.5, 0.6) is 0 Å². The number of oxime groups is 1. The van der Waals surface area contributed by atoms with E-state index in [1.165, 1.54) is 4.90 Å². The highest BCUT2D eigenvalue weighted by Crippen LogP contribution is 2.34. The zero-order valence-electron chi connectivity index (χ0n) is 27.9. The fourth-order valence-electron chi connectivity index (χ4n) is 6.22. The zero-order chi connectivity index (χ0) is 33.8. The molecule has 0 saturated carbocycles. The third kappa shape index (κ3) is 8.94. The van der Waals surface area contributed by atoms with E-state index in [0.29, 0.717) is 56.8 Å². The first-order valence-electron chi connectivity index (χ1n) is 16.8. The van der Waals surface area contributed by atoms with Crippen LogP contribution in [0.2, 0.25) is 0 Å². The van der Waals surface area contributed by atoms with E-state index < -0.39 is 17.4 Å². The summed E-state index contributed by atoms with van der Waals surface area (Å²) in [5, 5.41) is 7.30. The minimum atomic E-state index is -1.37. The average molecular weight is 655 g/mol. The van der Waals surface area contributed by atoms with E-state index in [9.17, 15) is 14.4 Å². The SMILES string of the molecule is CN(Cc1cccc(COC2CCCCO2)c1)C(=O)C(C)(CCCCNCC=NOCc1ccccc1)N1C(=O)c2ccccc2C1=O. The number of carbonyl (C=O) groups is 3. The molecule has 2 atom stereocenters. The highest BCUT2D eigenvalue weighted by atomic mass is 16.7. The molecular weight excluding hydrogens is 608 g/mol. The highest BCUT2D eigenvalue weighted by Gasteiger charge is 2.51. The molecular formula is C38H46N4O6. The van der Waals surface area contributed by atoms with Crippen molar-refractivity contribution < 1.29 is 28.7 Å². The maximum absolute atomic E-state index is 14.3. The summed E-state index contributed by atoms with van der Waals surface area (Å²) < 4.78 is 11.7. The van der Waals surface area contributed by atoms with Crippen LogP contribution < -0.4 is 5.32 Å². The number of likely N-dealkylation sites (N-methyl/N-ethyl adjacent to an activating group) is 1. The van der Waals surface area contributed by atoms with Crippen molar-refractivity contribution in [3.63, 3.8) is 0 Å². The van der Waals surface area contributed by atoms with Gasteiger partial charge in [0, 0.05) is 26.7 Å². The lowest BCUT2D eigenvalue weighted by molar-refractivity contribution is -0.168. The van der Waals surface area contributed by atoms with E-state index in [0.717, 1.165) is 49.0 Å². The molecule has 48 heavy (non-hydrogen) atoms. The molecule has 10 nitrogen and oxygen atoms in total. The molecule has 0 aliphatic carbocycles. The van der Waals surface area contributed by atoms with Gasteiger partial charge in [-0.05, 0) is 80.8 Å². The zero-order valence-corrected chi connectivity index (χ0v) is 27.9. The Labute approximate surface area is 283 Å². The summed E-state index contributed by atoms with van der Waals surface area (Å²) in [6, 6.07) is 24.5. The van der Waals surface area contributed by atoms with Crippen LogP contribution in [0.15, 0.2) is 84.0 Å². The van der Waals surface area contributed by atoms with Crippen LogP contribution in [0.25, 0.3) is 0 Å². The summed E-state index contributed by atoms with van der Waals surface area (Å²) in [5.74, 6) is -1.16. The van der Waals surface area contributed by atoms with Crippen LogP contribution in [0.1, 0.15) is 82.9 Å². The summed E-state index contributed by atoms with van der Waals surface area (Å²) in [5.41, 5.74) is 2.26. The second-order valence-electron chi connectivity index (χ2n) is 12.6. The monoisotopic (exact) mass is 654 g/mol. The van der Waals surface area contributed by atoms with Crippen molar-refractivity contribution in [3.05, 3.63) is 107 Å². The topological polar surface area (TPSA) is 110 Å². The Morgan fingerprint density at radius 3 is 2.40 bits per heavy atom. The van der Waals surface area contributed by atoms with Gasteiger partial charge in [-0.3, -0.25) is 19.3 Å². The summed E-state index contributed by atoms with van der Waals surface area (Å²) in [6.45, 7) is 4.79. The van der Waals surface area contributed by atoms with E-state index >= 15 is 0 Å². The van der Waals surface area contributed by atoms with Crippen LogP contribution in [-0.2, 0) is 38.9 Å². The number of fused-ring (bicyclic) bond motifs is 1. The maximum Gasteiger partial charge on any atom is 0.262 e. The third-order valence-electron chi connectivity index (χ3n) is 8.81. The molecule has 10 heteroatoms. The van der Waals surface area contributed by atoms with Gasteiger partial charge in [-0.15, -0.1) is 0 Å². The second kappa shape index (κ2) is 17.1. The first-order valence-corrected chi connectivity index (χ1v) is 16.8. The van der Waals surface area contributed by atoms with Gasteiger partial charge >= 0.3 is 0 Å². The highest BCUT2D eigenvalue weighted by molar-refractivity contribution is 6.23. The van der Waals surface area contributed by atoms with Crippen molar-refractivity contribution in [2.45, 2.75) is 77.0 Å². The normalized spacial score (nSPS) is 17.4. The molecule has 0 bridgehead atoms. The van der Waals surface area contributed by atoms with Crippen molar-refractivity contribution >= 4 is 23.9 Å². The Balaban J connectivity index is 1.18. The first kappa shape index (κ1) is 34.9. The number of imide groups is 1. The summed E-state index contributed by atoms with van der Waals surface area (Å²) in [6.07, 6.45) is 6.22. The van der Waals surface area contributed by atoms with Gasteiger partial charge in [0.25, 0.3) is 11.8 Å². The molecule has 5 rings (SSSR count). The van der Waals surface area contributed by atoms with Crippen molar-refractivity contribution in [3.8, 4) is 0 Å². The smallest absolute Gasteiger partial charge is 0.262 e. The number of hydrogen-bond acceptors (Lipinski definition) is 8. The molecule has 1 saturated heterocycles. The number of hydrogen-bond donors (Lipinski definition) is 1. The molecule has 3 aromatic rings. The number of carbonyl (C=O) groups excluding carboxylic acids is 3. The third-order valence-corrected chi connectivity index (χ3v) is 8.81. The van der Waals surface area contributed by atoms with E-state index in [4.69, 9.17) is 14.3 Å². The number of nitrogens with zero attached hydrogens (tertiary/aromatic N) is 3. The van der Waals surface area contributed by atoms with Gasteiger partial charge in [0.2, 0.25) is 5.91 Å². The van der Waals surface area contributed by atoms with Gasteiger partial charge in [-0.25, -0.2) is 0 Å². The molecule has 1 fully saturated rings. The molecule has 254 valence electrons. The second-order valence-corrected chi connectivity index (χ2v) is 12.6. The Hall–Kier alpha value is -4.38. The Bertz CT molecular complexity index is 1520. The van der Waals surface area contributed by atoms with Crippen LogP contribution in [-0.4, -0.2) is 72.3 Å². The van der Waals surface area contributed by atoms with Crippen LogP contribution in [0.3, 0.4) is 0 Å². The van der Waals surface area contributed by atoms with Gasteiger partial charge in [-0.2, -0.15) is 0 Å². The molecule has 0 spiro atoms. The van der Waals surface area contributed by atoms with E-state index in [-0.39, 0.29) is 12.2 Å². The summed E-state index contributed by atoms with van der Waals surface area (Å²) >= 11 is 0. The number of rotatable bonds is 17. The predicted octanol–water partition coefficient (Wildman–Crippen LogP) is 5.71. The van der Waals surface area contributed by atoms with E-state index in [2.05, 4.69) is 10.5 Å². The number of nitrogens with one attached hydrogen (secondary N) is 1. The van der Waals surface area contributed by atoms with Crippen molar-refractivity contribution in [2.24, 2.45) is 5.16 Å². The first-order chi connectivity index (χ1) is 23.4. The minimum absolute atomic E-state index is 0.186. The molecule has 2 aliphatic heterocycles. The molecule has 2 unspecified atom stereocenters. The fourth-order valence-corrected chi connectivity index (χ4v) is 6.22. The number of amides is 3. The number of ether oxygens (including phenoxy) is 2. The molecule has 1 N–H and O–H groups in total. The largest absolute Gasteiger partial charge is 0.391 e. The average Bonchev–Trinajstić information content (AvgIpc) is 3.38. The molecule has 0 radical (unpaired) electrons. The molecule has 2 heterocycles. The number of unbranched alkanes of at least 4 members (excludes halogenated alkanes) is 1. The standard InChI is InChI=1S/C38H46N4O6/c1-38(42-35(43)32-17-6-7-18-33(32)36(42)44,20-9-10-21-39-22-23-40-48-28-29-13-4-3-5-14-29)37(45)41(2)26-30-15-12-16-31(25-30)27-47-34-19-8-11-24-46-34/h3-7,12-18,23,25,34,39H,8-11,19-22,24,26-28H2,1-2H3. The molecule has 3 aromatic carbocycles. The van der Waals surface area contributed by atoms with E-state index in [1.54, 1.807) is 49.4 Å². The Morgan fingerprint density at radius 1 is 0.958 bits per heavy atom. The lowest BCUT2D eigenvalue weighted by atomic mass is 9.90. The van der Waals surface area contributed by atoms with Crippen LogP contribution in [0, 0.1) is 0 Å². The van der Waals surface area contributed by atoms with Gasteiger partial charge in [-0.1, -0.05) is 71.9 Å². The molecule has 3 amide bonds. The van der Waals surface area contributed by atoms with Gasteiger partial charge in [0.05, 0.1) is 23.9 Å².